The predicted octanol–water partition coefficient (Wildman–Crippen LogP) is 3.47. The number of morpholine rings is 1. The van der Waals surface area contributed by atoms with E-state index in [2.05, 4.69) is 0 Å². The van der Waals surface area contributed by atoms with Gasteiger partial charge in [-0.05, 0) is 24.1 Å². The first-order chi connectivity index (χ1) is 15.0. The van der Waals surface area contributed by atoms with Crippen molar-refractivity contribution in [2.75, 3.05) is 33.8 Å². The minimum atomic E-state index is -0.354. The van der Waals surface area contributed by atoms with Gasteiger partial charge in [-0.2, -0.15) is 0 Å². The number of fused-ring (bicyclic) bond motifs is 1. The van der Waals surface area contributed by atoms with Crippen LogP contribution in [0.3, 0.4) is 0 Å². The second-order valence-electron chi connectivity index (χ2n) is 8.00. The molecule has 0 aliphatic carbocycles. The molecule has 3 aromatic rings. The van der Waals surface area contributed by atoms with Crippen LogP contribution in [0.1, 0.15) is 34.1 Å². The molecule has 1 fully saturated rings. The van der Waals surface area contributed by atoms with E-state index in [0.29, 0.717) is 37.4 Å². The Morgan fingerprint density at radius 3 is 2.61 bits per heavy atom. The van der Waals surface area contributed by atoms with E-state index in [9.17, 15) is 9.59 Å². The minimum Gasteiger partial charge on any atom is -0.368 e. The number of ether oxygens (including phenoxy) is 1. The van der Waals surface area contributed by atoms with Gasteiger partial charge in [0.2, 0.25) is 5.91 Å². The molecule has 0 saturated carbocycles. The van der Waals surface area contributed by atoms with Gasteiger partial charge in [-0.3, -0.25) is 9.59 Å². The number of benzene rings is 2. The summed E-state index contributed by atoms with van der Waals surface area (Å²) >= 11 is 0. The van der Waals surface area contributed by atoms with E-state index in [4.69, 9.17) is 9.72 Å². The lowest BCUT2D eigenvalue weighted by molar-refractivity contribution is -0.139. The Morgan fingerprint density at radius 1 is 1.10 bits per heavy atom. The summed E-state index contributed by atoms with van der Waals surface area (Å²) < 4.78 is 5.97. The second kappa shape index (κ2) is 9.27. The van der Waals surface area contributed by atoms with Crippen LogP contribution in [0.2, 0.25) is 0 Å². The van der Waals surface area contributed by atoms with Gasteiger partial charge in [0, 0.05) is 32.4 Å². The molecule has 4 rings (SSSR count). The van der Waals surface area contributed by atoms with Gasteiger partial charge < -0.3 is 14.5 Å². The monoisotopic (exact) mass is 417 g/mol. The van der Waals surface area contributed by atoms with E-state index in [-0.39, 0.29) is 17.9 Å². The van der Waals surface area contributed by atoms with Gasteiger partial charge in [-0.15, -0.1) is 0 Å². The first-order valence-corrected chi connectivity index (χ1v) is 10.6. The average Bonchev–Trinajstić information content (AvgIpc) is 2.82. The lowest BCUT2D eigenvalue weighted by Gasteiger charge is -2.33. The van der Waals surface area contributed by atoms with E-state index in [1.165, 1.54) is 0 Å². The summed E-state index contributed by atoms with van der Waals surface area (Å²) in [6.07, 6.45) is 0.830. The third-order valence-corrected chi connectivity index (χ3v) is 5.59. The normalized spacial score (nSPS) is 16.3. The Balaban J connectivity index is 1.53. The fraction of sp³-hybridized carbons (Fsp3) is 0.320. The van der Waals surface area contributed by atoms with E-state index < -0.39 is 0 Å². The predicted molar refractivity (Wildman–Crippen MR) is 120 cm³/mol. The van der Waals surface area contributed by atoms with Crippen molar-refractivity contribution in [3.05, 3.63) is 77.5 Å². The highest BCUT2D eigenvalue weighted by molar-refractivity contribution is 6.06. The number of aryl methyl sites for hydroxylation is 1. The topological polar surface area (TPSA) is 62.7 Å². The van der Waals surface area contributed by atoms with Gasteiger partial charge in [0.05, 0.1) is 29.9 Å². The average molecular weight is 418 g/mol. The van der Waals surface area contributed by atoms with Crippen molar-refractivity contribution in [1.29, 1.82) is 0 Å². The molecule has 2 heterocycles. The molecule has 1 saturated heterocycles. The van der Waals surface area contributed by atoms with Gasteiger partial charge in [-0.1, -0.05) is 48.5 Å². The molecule has 160 valence electrons. The van der Waals surface area contributed by atoms with Crippen LogP contribution in [0.15, 0.2) is 60.7 Å². The summed E-state index contributed by atoms with van der Waals surface area (Å²) in [5.74, 6) is 0.0361. The standard InChI is InChI=1S/C25H27N3O3/c1-27(2)25(30)20-16-22(26-21-11-7-6-10-19(20)21)23-17-28(14-15-31-23)24(29)13-12-18-8-4-3-5-9-18/h3-11,16,23H,12-15,17H2,1-2H3. The van der Waals surface area contributed by atoms with Gasteiger partial charge in [0.1, 0.15) is 6.10 Å². The Kier molecular flexibility index (Phi) is 6.28. The van der Waals surface area contributed by atoms with E-state index in [1.807, 2.05) is 65.6 Å². The number of nitrogens with zero attached hydrogens (tertiary/aromatic N) is 3. The highest BCUT2D eigenvalue weighted by Gasteiger charge is 2.27. The molecule has 1 aromatic heterocycles. The highest BCUT2D eigenvalue weighted by Crippen LogP contribution is 2.27. The van der Waals surface area contributed by atoms with E-state index >= 15 is 0 Å². The summed E-state index contributed by atoms with van der Waals surface area (Å²) in [5, 5.41) is 0.816. The molecule has 1 aliphatic rings. The second-order valence-corrected chi connectivity index (χ2v) is 8.00. The van der Waals surface area contributed by atoms with Crippen LogP contribution in [0.5, 0.6) is 0 Å². The van der Waals surface area contributed by atoms with Crippen LogP contribution >= 0.6 is 0 Å². The number of amides is 2. The molecule has 31 heavy (non-hydrogen) atoms. The quantitative estimate of drug-likeness (QED) is 0.638. The fourth-order valence-corrected chi connectivity index (χ4v) is 3.89. The van der Waals surface area contributed by atoms with Gasteiger partial charge in [0.25, 0.3) is 5.91 Å². The number of hydrogen-bond acceptors (Lipinski definition) is 4. The number of para-hydroxylation sites is 1. The summed E-state index contributed by atoms with van der Waals surface area (Å²) in [7, 11) is 3.48. The van der Waals surface area contributed by atoms with Crippen molar-refractivity contribution in [2.45, 2.75) is 18.9 Å². The first-order valence-electron chi connectivity index (χ1n) is 10.6. The third-order valence-electron chi connectivity index (χ3n) is 5.59. The molecule has 1 unspecified atom stereocenters. The Morgan fingerprint density at radius 2 is 1.84 bits per heavy atom. The van der Waals surface area contributed by atoms with Crippen LogP contribution in [0.4, 0.5) is 0 Å². The lowest BCUT2D eigenvalue weighted by atomic mass is 10.0. The van der Waals surface area contributed by atoms with Crippen LogP contribution in [0, 0.1) is 0 Å². The number of rotatable bonds is 5. The van der Waals surface area contributed by atoms with Crippen molar-refractivity contribution < 1.29 is 14.3 Å². The van der Waals surface area contributed by atoms with Crippen LogP contribution < -0.4 is 0 Å². The van der Waals surface area contributed by atoms with Gasteiger partial charge in [-0.25, -0.2) is 4.98 Å². The van der Waals surface area contributed by atoms with Crippen molar-refractivity contribution >= 4 is 22.7 Å². The minimum absolute atomic E-state index is 0.0774. The molecule has 0 radical (unpaired) electrons. The maximum atomic E-state index is 12.8. The summed E-state index contributed by atoms with van der Waals surface area (Å²) in [6.45, 7) is 1.46. The molecule has 2 aromatic carbocycles. The van der Waals surface area contributed by atoms with Gasteiger partial charge in [0.15, 0.2) is 0 Å². The Hall–Kier alpha value is -3.25. The number of aromatic nitrogens is 1. The largest absolute Gasteiger partial charge is 0.368 e. The maximum absolute atomic E-state index is 12.8. The fourth-order valence-electron chi connectivity index (χ4n) is 3.89. The molecule has 1 atom stereocenters. The molecular weight excluding hydrogens is 390 g/mol. The van der Waals surface area contributed by atoms with Crippen molar-refractivity contribution in [3.63, 3.8) is 0 Å². The zero-order valence-electron chi connectivity index (χ0n) is 18.0. The maximum Gasteiger partial charge on any atom is 0.254 e. The zero-order valence-corrected chi connectivity index (χ0v) is 18.0. The summed E-state index contributed by atoms with van der Waals surface area (Å²) in [4.78, 5) is 33.8. The zero-order chi connectivity index (χ0) is 21.8. The molecule has 1 aliphatic heterocycles. The molecule has 0 bridgehead atoms. The Labute approximate surface area is 182 Å². The van der Waals surface area contributed by atoms with Crippen LogP contribution in [0.25, 0.3) is 10.9 Å². The van der Waals surface area contributed by atoms with Gasteiger partial charge >= 0.3 is 0 Å². The number of carbonyl (C=O) groups excluding carboxylic acids is 2. The Bertz CT molecular complexity index is 1080. The molecule has 6 nitrogen and oxygen atoms in total. The number of carbonyl (C=O) groups is 2. The molecular formula is C25H27N3O3. The molecule has 0 spiro atoms. The summed E-state index contributed by atoms with van der Waals surface area (Å²) in [5.41, 5.74) is 3.19. The summed E-state index contributed by atoms with van der Waals surface area (Å²) in [6, 6.07) is 19.5. The van der Waals surface area contributed by atoms with Crippen LogP contribution in [-0.4, -0.2) is 60.4 Å². The van der Waals surface area contributed by atoms with Crippen molar-refractivity contribution in [1.82, 2.24) is 14.8 Å². The third kappa shape index (κ3) is 4.75. The van der Waals surface area contributed by atoms with Crippen molar-refractivity contribution in [3.8, 4) is 0 Å². The molecule has 2 amide bonds. The molecule has 6 heteroatoms. The smallest absolute Gasteiger partial charge is 0.254 e. The number of pyridine rings is 1. The van der Waals surface area contributed by atoms with Crippen molar-refractivity contribution in [2.24, 2.45) is 0 Å². The SMILES string of the molecule is CN(C)C(=O)c1cc(C2CN(C(=O)CCc3ccccc3)CCO2)nc2ccccc12. The highest BCUT2D eigenvalue weighted by atomic mass is 16.5. The number of hydrogen-bond donors (Lipinski definition) is 0. The van der Waals surface area contributed by atoms with E-state index in [1.54, 1.807) is 19.0 Å². The van der Waals surface area contributed by atoms with E-state index in [0.717, 1.165) is 22.9 Å². The molecule has 0 N–H and O–H groups in total. The first kappa shape index (κ1) is 21.0. The lowest BCUT2D eigenvalue weighted by Crippen LogP contribution is -2.42. The van der Waals surface area contributed by atoms with Crippen LogP contribution in [-0.2, 0) is 16.0 Å².